The number of H-pyrrole nitrogens is 1. The first-order valence-corrected chi connectivity index (χ1v) is 8.60. The van der Waals surface area contributed by atoms with E-state index in [9.17, 15) is 0 Å². The molecule has 4 rings (SSSR count). The normalized spacial score (nSPS) is 17.5. The van der Waals surface area contributed by atoms with Gasteiger partial charge in [-0.05, 0) is 60.7 Å². The lowest BCUT2D eigenvalue weighted by Crippen LogP contribution is -2.30. The van der Waals surface area contributed by atoms with Crippen LogP contribution in [0.4, 0.5) is 0 Å². The number of fused-ring (bicyclic) bond motifs is 3. The highest BCUT2D eigenvalue weighted by Gasteiger charge is 2.27. The standard InChI is InChI=1S/C19H18Cl2N2/c1-10-7-11(2)17-14-5-6-22-18(19(14)23-16(17)8-10)13-4-3-12(20)9-15(13)21/h3-4,7-9,18,22-23H,5-6H2,1-2H3. The van der Waals surface area contributed by atoms with Crippen LogP contribution < -0.4 is 5.32 Å². The maximum absolute atomic E-state index is 6.45. The average molecular weight is 345 g/mol. The van der Waals surface area contributed by atoms with Crippen LogP contribution in [0, 0.1) is 13.8 Å². The highest BCUT2D eigenvalue weighted by Crippen LogP contribution is 2.38. The van der Waals surface area contributed by atoms with E-state index in [-0.39, 0.29) is 6.04 Å². The predicted octanol–water partition coefficient (Wildman–Crippen LogP) is 5.33. The van der Waals surface area contributed by atoms with E-state index < -0.39 is 0 Å². The van der Waals surface area contributed by atoms with Gasteiger partial charge in [0.1, 0.15) is 0 Å². The topological polar surface area (TPSA) is 27.8 Å². The first kappa shape index (κ1) is 15.1. The van der Waals surface area contributed by atoms with Gasteiger partial charge in [0, 0.05) is 33.2 Å². The van der Waals surface area contributed by atoms with Gasteiger partial charge in [-0.3, -0.25) is 0 Å². The van der Waals surface area contributed by atoms with E-state index in [2.05, 4.69) is 36.3 Å². The van der Waals surface area contributed by atoms with E-state index in [0.29, 0.717) is 10.0 Å². The summed E-state index contributed by atoms with van der Waals surface area (Å²) in [5.41, 5.74) is 7.53. The molecule has 23 heavy (non-hydrogen) atoms. The van der Waals surface area contributed by atoms with Gasteiger partial charge in [0.2, 0.25) is 0 Å². The number of benzene rings is 2. The summed E-state index contributed by atoms with van der Waals surface area (Å²) in [6.45, 7) is 5.27. The summed E-state index contributed by atoms with van der Waals surface area (Å²) in [5, 5.41) is 6.32. The molecule has 3 aromatic rings. The first-order valence-electron chi connectivity index (χ1n) is 7.84. The summed E-state index contributed by atoms with van der Waals surface area (Å²) in [6, 6.07) is 10.3. The van der Waals surface area contributed by atoms with Gasteiger partial charge >= 0.3 is 0 Å². The van der Waals surface area contributed by atoms with Crippen LogP contribution in [0.3, 0.4) is 0 Å². The van der Waals surface area contributed by atoms with Gasteiger partial charge in [-0.15, -0.1) is 0 Å². The van der Waals surface area contributed by atoms with E-state index in [1.54, 1.807) is 0 Å². The van der Waals surface area contributed by atoms with Crippen LogP contribution in [-0.4, -0.2) is 11.5 Å². The zero-order chi connectivity index (χ0) is 16.1. The van der Waals surface area contributed by atoms with Crippen LogP contribution in [0.1, 0.15) is 34.0 Å². The number of nitrogens with one attached hydrogen (secondary N) is 2. The lowest BCUT2D eigenvalue weighted by atomic mass is 9.93. The summed E-state index contributed by atoms with van der Waals surface area (Å²) in [7, 11) is 0. The minimum atomic E-state index is 0.0793. The molecule has 2 N–H and O–H groups in total. The molecule has 1 aromatic heterocycles. The van der Waals surface area contributed by atoms with E-state index in [0.717, 1.165) is 18.5 Å². The Morgan fingerprint density at radius 2 is 1.91 bits per heavy atom. The van der Waals surface area contributed by atoms with Gasteiger partial charge in [0.05, 0.1) is 6.04 Å². The van der Waals surface area contributed by atoms with Crippen LogP contribution in [0.2, 0.25) is 10.0 Å². The Balaban J connectivity index is 1.93. The monoisotopic (exact) mass is 344 g/mol. The quantitative estimate of drug-likeness (QED) is 0.613. The van der Waals surface area contributed by atoms with Crippen LogP contribution in [0.5, 0.6) is 0 Å². The van der Waals surface area contributed by atoms with Gasteiger partial charge in [-0.25, -0.2) is 0 Å². The van der Waals surface area contributed by atoms with Crippen molar-refractivity contribution in [1.82, 2.24) is 10.3 Å². The molecular weight excluding hydrogens is 327 g/mol. The fourth-order valence-corrected chi connectivity index (χ4v) is 4.29. The molecule has 0 spiro atoms. The van der Waals surface area contributed by atoms with Crippen molar-refractivity contribution in [3.05, 3.63) is 68.3 Å². The van der Waals surface area contributed by atoms with Crippen molar-refractivity contribution >= 4 is 34.1 Å². The van der Waals surface area contributed by atoms with Crippen molar-refractivity contribution in [2.45, 2.75) is 26.3 Å². The van der Waals surface area contributed by atoms with Gasteiger partial charge in [0.15, 0.2) is 0 Å². The van der Waals surface area contributed by atoms with Crippen molar-refractivity contribution in [3.8, 4) is 0 Å². The second-order valence-corrected chi connectivity index (χ2v) is 7.17. The Kier molecular flexibility index (Phi) is 3.64. The Labute approximate surface area is 145 Å². The fourth-order valence-electron chi connectivity index (χ4n) is 3.77. The molecule has 1 unspecified atom stereocenters. The summed E-state index contributed by atoms with van der Waals surface area (Å²) in [6.07, 6.45) is 1.03. The SMILES string of the molecule is Cc1cc(C)c2c3c([nH]c2c1)C(c1ccc(Cl)cc1Cl)NCC3. The van der Waals surface area contributed by atoms with Crippen molar-refractivity contribution in [2.75, 3.05) is 6.54 Å². The lowest BCUT2D eigenvalue weighted by Gasteiger charge is -2.25. The van der Waals surface area contributed by atoms with E-state index in [1.807, 2.05) is 18.2 Å². The van der Waals surface area contributed by atoms with Gasteiger partial charge in [-0.1, -0.05) is 35.3 Å². The predicted molar refractivity (Wildman–Crippen MR) is 97.8 cm³/mol. The smallest absolute Gasteiger partial charge is 0.0746 e. The maximum Gasteiger partial charge on any atom is 0.0746 e. The second kappa shape index (κ2) is 5.55. The highest BCUT2D eigenvalue weighted by atomic mass is 35.5. The third-order valence-corrected chi connectivity index (χ3v) is 5.22. The summed E-state index contributed by atoms with van der Waals surface area (Å²) < 4.78 is 0. The van der Waals surface area contributed by atoms with E-state index in [1.165, 1.54) is 33.3 Å². The zero-order valence-electron chi connectivity index (χ0n) is 13.1. The molecule has 1 aliphatic heterocycles. The van der Waals surface area contributed by atoms with Gasteiger partial charge in [-0.2, -0.15) is 0 Å². The molecule has 118 valence electrons. The Morgan fingerprint density at radius 3 is 2.70 bits per heavy atom. The Hall–Kier alpha value is -1.48. The van der Waals surface area contributed by atoms with Crippen LogP contribution in [0.15, 0.2) is 30.3 Å². The number of rotatable bonds is 1. The van der Waals surface area contributed by atoms with Crippen molar-refractivity contribution < 1.29 is 0 Å². The van der Waals surface area contributed by atoms with E-state index in [4.69, 9.17) is 23.2 Å². The third-order valence-electron chi connectivity index (χ3n) is 4.66. The van der Waals surface area contributed by atoms with Crippen molar-refractivity contribution in [3.63, 3.8) is 0 Å². The molecule has 2 heterocycles. The molecule has 0 amide bonds. The fraction of sp³-hybridized carbons (Fsp3) is 0.263. The minimum absolute atomic E-state index is 0.0793. The summed E-state index contributed by atoms with van der Waals surface area (Å²) in [5.74, 6) is 0. The molecule has 2 nitrogen and oxygen atoms in total. The number of aryl methyl sites for hydroxylation is 2. The number of aromatic nitrogens is 1. The molecule has 0 saturated carbocycles. The molecule has 0 bridgehead atoms. The number of hydrogen-bond donors (Lipinski definition) is 2. The van der Waals surface area contributed by atoms with E-state index >= 15 is 0 Å². The minimum Gasteiger partial charge on any atom is -0.357 e. The molecule has 1 atom stereocenters. The number of hydrogen-bond acceptors (Lipinski definition) is 1. The average Bonchev–Trinajstić information content (AvgIpc) is 2.85. The summed E-state index contributed by atoms with van der Waals surface area (Å²) >= 11 is 12.5. The largest absolute Gasteiger partial charge is 0.357 e. The molecule has 0 aliphatic carbocycles. The molecular formula is C19H18Cl2N2. The van der Waals surface area contributed by atoms with Crippen molar-refractivity contribution in [1.29, 1.82) is 0 Å². The molecule has 0 saturated heterocycles. The highest BCUT2D eigenvalue weighted by molar-refractivity contribution is 6.35. The van der Waals surface area contributed by atoms with Crippen LogP contribution >= 0.6 is 23.2 Å². The zero-order valence-corrected chi connectivity index (χ0v) is 14.6. The van der Waals surface area contributed by atoms with Crippen LogP contribution in [0.25, 0.3) is 10.9 Å². The first-order chi connectivity index (χ1) is 11.0. The third kappa shape index (κ3) is 2.46. The molecule has 1 aliphatic rings. The van der Waals surface area contributed by atoms with Crippen LogP contribution in [-0.2, 0) is 6.42 Å². The second-order valence-electron chi connectivity index (χ2n) is 6.32. The Bertz CT molecular complexity index is 911. The molecule has 0 fully saturated rings. The lowest BCUT2D eigenvalue weighted by molar-refractivity contribution is 0.560. The maximum atomic E-state index is 6.45. The molecule has 2 aromatic carbocycles. The van der Waals surface area contributed by atoms with Gasteiger partial charge in [0.25, 0.3) is 0 Å². The number of halogens is 2. The van der Waals surface area contributed by atoms with Gasteiger partial charge < -0.3 is 10.3 Å². The molecule has 0 radical (unpaired) electrons. The number of aromatic amines is 1. The van der Waals surface area contributed by atoms with Crippen molar-refractivity contribution in [2.24, 2.45) is 0 Å². The Morgan fingerprint density at radius 1 is 1.09 bits per heavy atom. The summed E-state index contributed by atoms with van der Waals surface area (Å²) in [4.78, 5) is 3.63. The molecule has 4 heteroatoms.